The monoisotopic (exact) mass is 595 g/mol. The molecule has 10 aromatic rings. The molecular weight excluding hydrogens is 567 g/mol. The summed E-state index contributed by atoms with van der Waals surface area (Å²) >= 11 is 0. The largest absolute Gasteiger partial charge is 0.309 e. The summed E-state index contributed by atoms with van der Waals surface area (Å²) < 4.78 is 2.37. The van der Waals surface area contributed by atoms with Crippen molar-refractivity contribution in [3.8, 4) is 27.9 Å². The number of hydrogen-bond acceptors (Lipinski definition) is 0. The zero-order valence-electron chi connectivity index (χ0n) is 25.7. The summed E-state index contributed by atoms with van der Waals surface area (Å²) in [6.45, 7) is 0. The SMILES string of the molecule is c1ccc(-n2c3ccccc3c3cc(-c4ccc(-c5cccc6cc7c8ccccc8c8ccccc8c7cc56)cc4)ccc32)cc1. The highest BCUT2D eigenvalue weighted by Gasteiger charge is 2.14. The lowest BCUT2D eigenvalue weighted by atomic mass is 9.90. The molecule has 0 N–H and O–H groups in total. The average molecular weight is 596 g/mol. The van der Waals surface area contributed by atoms with Crippen molar-refractivity contribution in [2.75, 3.05) is 0 Å². The second-order valence-electron chi connectivity index (χ2n) is 12.5. The van der Waals surface area contributed by atoms with Crippen LogP contribution in [-0.2, 0) is 0 Å². The molecule has 0 aliphatic carbocycles. The highest BCUT2D eigenvalue weighted by molar-refractivity contribution is 6.27. The molecule has 0 saturated heterocycles. The number of aromatic nitrogens is 1. The first-order valence-electron chi connectivity index (χ1n) is 16.3. The maximum atomic E-state index is 2.42. The molecule has 1 nitrogen and oxygen atoms in total. The molecular formula is C46H29N. The predicted molar refractivity (Wildman–Crippen MR) is 202 cm³/mol. The predicted octanol–water partition coefficient (Wildman–Crippen LogP) is 12.7. The van der Waals surface area contributed by atoms with E-state index >= 15 is 0 Å². The second kappa shape index (κ2) is 10.2. The van der Waals surface area contributed by atoms with Crippen LogP contribution in [0.25, 0.3) is 92.8 Å². The van der Waals surface area contributed by atoms with E-state index in [1.807, 2.05) is 0 Å². The Bertz CT molecular complexity index is 2820. The maximum Gasteiger partial charge on any atom is 0.0541 e. The van der Waals surface area contributed by atoms with Gasteiger partial charge in [0, 0.05) is 16.5 Å². The highest BCUT2D eigenvalue weighted by atomic mass is 15.0. The standard InChI is InChI=1S/C46H29N/c1-2-12-34(13-3-1)47-45-20-9-8-18-40(45)44-27-32(25-26-46(44)47)30-21-23-31(24-22-30)35-19-10-11-33-28-42-38-16-6-4-14-36(38)37-15-5-7-17-39(37)43(42)29-41(33)35/h1-29H. The molecule has 0 bridgehead atoms. The molecule has 0 saturated carbocycles. The summed E-state index contributed by atoms with van der Waals surface area (Å²) in [6, 6.07) is 64.5. The van der Waals surface area contributed by atoms with Crippen LogP contribution in [0.1, 0.15) is 0 Å². The van der Waals surface area contributed by atoms with Gasteiger partial charge in [-0.25, -0.2) is 0 Å². The molecule has 0 radical (unpaired) electrons. The molecule has 1 heteroatoms. The third-order valence-electron chi connectivity index (χ3n) is 9.96. The van der Waals surface area contributed by atoms with Crippen molar-refractivity contribution in [1.82, 2.24) is 4.57 Å². The van der Waals surface area contributed by atoms with Gasteiger partial charge in [0.05, 0.1) is 11.0 Å². The van der Waals surface area contributed by atoms with E-state index in [-0.39, 0.29) is 0 Å². The van der Waals surface area contributed by atoms with Gasteiger partial charge in [0.1, 0.15) is 0 Å². The van der Waals surface area contributed by atoms with Crippen molar-refractivity contribution in [1.29, 1.82) is 0 Å². The summed E-state index contributed by atoms with van der Waals surface area (Å²) in [5, 5.41) is 12.9. The van der Waals surface area contributed by atoms with Gasteiger partial charge in [-0.3, -0.25) is 0 Å². The Kier molecular flexibility index (Phi) is 5.64. The van der Waals surface area contributed by atoms with Crippen molar-refractivity contribution in [3.63, 3.8) is 0 Å². The number of fused-ring (bicyclic) bond motifs is 10. The van der Waals surface area contributed by atoms with E-state index in [1.54, 1.807) is 0 Å². The molecule has 1 aromatic heterocycles. The smallest absolute Gasteiger partial charge is 0.0541 e. The quantitative estimate of drug-likeness (QED) is 0.141. The van der Waals surface area contributed by atoms with Gasteiger partial charge < -0.3 is 4.57 Å². The second-order valence-corrected chi connectivity index (χ2v) is 12.5. The van der Waals surface area contributed by atoms with Crippen LogP contribution >= 0.6 is 0 Å². The van der Waals surface area contributed by atoms with Crippen molar-refractivity contribution in [2.24, 2.45) is 0 Å². The van der Waals surface area contributed by atoms with Gasteiger partial charge in [0.25, 0.3) is 0 Å². The lowest BCUT2D eigenvalue weighted by Gasteiger charge is -2.14. The van der Waals surface area contributed by atoms with E-state index in [9.17, 15) is 0 Å². The van der Waals surface area contributed by atoms with Crippen LogP contribution in [0.3, 0.4) is 0 Å². The molecule has 0 aliphatic heterocycles. The number of rotatable bonds is 3. The van der Waals surface area contributed by atoms with Crippen molar-refractivity contribution in [2.45, 2.75) is 0 Å². The fourth-order valence-corrected chi connectivity index (χ4v) is 7.78. The van der Waals surface area contributed by atoms with Crippen LogP contribution in [0.5, 0.6) is 0 Å². The lowest BCUT2D eigenvalue weighted by molar-refractivity contribution is 1.18. The minimum Gasteiger partial charge on any atom is -0.309 e. The molecule has 47 heavy (non-hydrogen) atoms. The first-order chi connectivity index (χ1) is 23.3. The van der Waals surface area contributed by atoms with Gasteiger partial charge >= 0.3 is 0 Å². The van der Waals surface area contributed by atoms with Crippen molar-refractivity contribution in [3.05, 3.63) is 176 Å². The van der Waals surface area contributed by atoms with E-state index in [0.29, 0.717) is 0 Å². The van der Waals surface area contributed by atoms with Gasteiger partial charge in [0.2, 0.25) is 0 Å². The van der Waals surface area contributed by atoms with Crippen LogP contribution in [0.2, 0.25) is 0 Å². The van der Waals surface area contributed by atoms with E-state index in [1.165, 1.54) is 92.8 Å². The number of hydrogen-bond donors (Lipinski definition) is 0. The Morgan fingerprint density at radius 2 is 0.830 bits per heavy atom. The molecule has 0 unspecified atom stereocenters. The number of nitrogens with zero attached hydrogens (tertiary/aromatic N) is 1. The third-order valence-corrected chi connectivity index (χ3v) is 9.96. The normalized spacial score (nSPS) is 11.8. The zero-order valence-corrected chi connectivity index (χ0v) is 25.7. The van der Waals surface area contributed by atoms with E-state index in [2.05, 4.69) is 180 Å². The highest BCUT2D eigenvalue weighted by Crippen LogP contribution is 2.40. The van der Waals surface area contributed by atoms with Crippen LogP contribution in [0.4, 0.5) is 0 Å². The summed E-state index contributed by atoms with van der Waals surface area (Å²) in [5.41, 5.74) is 8.56. The molecule has 9 aromatic carbocycles. The molecule has 0 atom stereocenters. The molecule has 0 fully saturated rings. The molecule has 0 amide bonds. The summed E-state index contributed by atoms with van der Waals surface area (Å²) in [4.78, 5) is 0. The van der Waals surface area contributed by atoms with Gasteiger partial charge in [0.15, 0.2) is 0 Å². The third kappa shape index (κ3) is 3.97. The van der Waals surface area contributed by atoms with E-state index < -0.39 is 0 Å². The van der Waals surface area contributed by atoms with Gasteiger partial charge in [-0.15, -0.1) is 0 Å². The van der Waals surface area contributed by atoms with Crippen molar-refractivity contribution >= 4 is 64.9 Å². The molecule has 10 rings (SSSR count). The summed E-state index contributed by atoms with van der Waals surface area (Å²) in [6.07, 6.45) is 0. The first-order valence-corrected chi connectivity index (χ1v) is 16.3. The molecule has 218 valence electrons. The molecule has 1 heterocycles. The van der Waals surface area contributed by atoms with Crippen LogP contribution in [-0.4, -0.2) is 4.57 Å². The fraction of sp³-hybridized carbons (Fsp3) is 0. The maximum absolute atomic E-state index is 2.42. The van der Waals surface area contributed by atoms with Crippen LogP contribution < -0.4 is 0 Å². The first kappa shape index (κ1) is 26.1. The van der Waals surface area contributed by atoms with E-state index in [4.69, 9.17) is 0 Å². The Labute approximate surface area is 272 Å². The minimum absolute atomic E-state index is 1.18. The number of benzene rings is 9. The molecule has 0 spiro atoms. The van der Waals surface area contributed by atoms with Crippen LogP contribution in [0.15, 0.2) is 176 Å². The van der Waals surface area contributed by atoms with Crippen molar-refractivity contribution < 1.29 is 0 Å². The molecule has 0 aliphatic rings. The Morgan fingerprint density at radius 1 is 0.277 bits per heavy atom. The van der Waals surface area contributed by atoms with Gasteiger partial charge in [-0.2, -0.15) is 0 Å². The number of para-hydroxylation sites is 2. The zero-order chi connectivity index (χ0) is 30.9. The van der Waals surface area contributed by atoms with Gasteiger partial charge in [-0.05, 0) is 108 Å². The Morgan fingerprint density at radius 3 is 1.55 bits per heavy atom. The van der Waals surface area contributed by atoms with E-state index in [0.717, 1.165) is 0 Å². The average Bonchev–Trinajstić information content (AvgIpc) is 3.48. The van der Waals surface area contributed by atoms with Crippen LogP contribution in [0, 0.1) is 0 Å². The lowest BCUT2D eigenvalue weighted by Crippen LogP contribution is -1.92. The Hall–Kier alpha value is -6.18. The summed E-state index contributed by atoms with van der Waals surface area (Å²) in [5.74, 6) is 0. The minimum atomic E-state index is 1.18. The Balaban J connectivity index is 1.11. The van der Waals surface area contributed by atoms with Gasteiger partial charge in [-0.1, -0.05) is 133 Å². The summed E-state index contributed by atoms with van der Waals surface area (Å²) in [7, 11) is 0. The fourth-order valence-electron chi connectivity index (χ4n) is 7.78. The topological polar surface area (TPSA) is 4.93 Å².